The fourth-order valence-electron chi connectivity index (χ4n) is 1.97. The summed E-state index contributed by atoms with van der Waals surface area (Å²) >= 11 is 0. The third-order valence-electron chi connectivity index (χ3n) is 3.37. The Morgan fingerprint density at radius 1 is 0.952 bits per heavy atom. The molecule has 0 heterocycles. The molecule has 0 radical (unpaired) electrons. The van der Waals surface area contributed by atoms with Crippen molar-refractivity contribution in [3.05, 3.63) is 58.7 Å². The predicted octanol–water partition coefficient (Wildman–Crippen LogP) is 3.28. The first-order chi connectivity index (χ1) is 9.83. The Morgan fingerprint density at radius 2 is 1.62 bits per heavy atom. The van der Waals surface area contributed by atoms with E-state index in [4.69, 9.17) is 5.26 Å². The molecule has 0 bridgehead atoms. The average Bonchev–Trinajstić information content (AvgIpc) is 2.43. The van der Waals surface area contributed by atoms with Gasteiger partial charge in [0.05, 0.1) is 16.5 Å². The number of benzene rings is 2. The molecule has 1 N–H and O–H groups in total. The lowest BCUT2D eigenvalue weighted by atomic mass is 10.1. The van der Waals surface area contributed by atoms with E-state index in [0.717, 1.165) is 11.1 Å². The molecule has 0 fully saturated rings. The topological polar surface area (TPSA) is 70.0 Å². The standard InChI is InChI=1S/C16H16N2O2S/c1-11-5-7-15(8-13(11)3)18-21(19,20)16-9-14(10-17)6-4-12(16)2/h4-9,18H,1-3H3. The quantitative estimate of drug-likeness (QED) is 0.945. The molecule has 0 saturated carbocycles. The van der Waals surface area contributed by atoms with Crippen LogP contribution in [0.1, 0.15) is 22.3 Å². The van der Waals surface area contributed by atoms with Crippen LogP contribution in [0.25, 0.3) is 0 Å². The van der Waals surface area contributed by atoms with Crippen molar-refractivity contribution in [3.63, 3.8) is 0 Å². The monoisotopic (exact) mass is 300 g/mol. The van der Waals surface area contributed by atoms with Crippen molar-refractivity contribution >= 4 is 15.7 Å². The molecule has 0 aliphatic carbocycles. The summed E-state index contributed by atoms with van der Waals surface area (Å²) in [4.78, 5) is 0.125. The Hall–Kier alpha value is -2.32. The highest BCUT2D eigenvalue weighted by molar-refractivity contribution is 7.92. The molecular formula is C16H16N2O2S. The van der Waals surface area contributed by atoms with Crippen LogP contribution in [0.2, 0.25) is 0 Å². The summed E-state index contributed by atoms with van der Waals surface area (Å²) in [5.41, 5.74) is 3.55. The molecule has 108 valence electrons. The fourth-order valence-corrected chi connectivity index (χ4v) is 3.30. The highest BCUT2D eigenvalue weighted by atomic mass is 32.2. The summed E-state index contributed by atoms with van der Waals surface area (Å²) in [5.74, 6) is 0. The summed E-state index contributed by atoms with van der Waals surface area (Å²) < 4.78 is 27.5. The Balaban J connectivity index is 2.43. The van der Waals surface area contributed by atoms with Gasteiger partial charge in [0.2, 0.25) is 0 Å². The lowest BCUT2D eigenvalue weighted by Gasteiger charge is -2.12. The third kappa shape index (κ3) is 3.23. The van der Waals surface area contributed by atoms with Gasteiger partial charge in [-0.05, 0) is 61.7 Å². The Kier molecular flexibility index (Phi) is 4.01. The largest absolute Gasteiger partial charge is 0.280 e. The molecule has 0 amide bonds. The summed E-state index contributed by atoms with van der Waals surface area (Å²) in [7, 11) is -3.71. The van der Waals surface area contributed by atoms with Crippen LogP contribution in [0, 0.1) is 32.1 Å². The molecule has 0 spiro atoms. The van der Waals surface area contributed by atoms with Crippen LogP contribution in [0.5, 0.6) is 0 Å². The van der Waals surface area contributed by atoms with E-state index < -0.39 is 10.0 Å². The van der Waals surface area contributed by atoms with E-state index in [-0.39, 0.29) is 4.90 Å². The second-order valence-corrected chi connectivity index (χ2v) is 6.65. The van der Waals surface area contributed by atoms with Crippen LogP contribution in [0.4, 0.5) is 5.69 Å². The summed E-state index contributed by atoms with van der Waals surface area (Å²) in [6.07, 6.45) is 0. The van der Waals surface area contributed by atoms with Gasteiger partial charge >= 0.3 is 0 Å². The summed E-state index contributed by atoms with van der Waals surface area (Å²) in [6.45, 7) is 5.60. The third-order valence-corrected chi connectivity index (χ3v) is 4.89. The summed E-state index contributed by atoms with van der Waals surface area (Å²) in [5, 5.41) is 8.91. The van der Waals surface area contributed by atoms with E-state index in [0.29, 0.717) is 16.8 Å². The lowest BCUT2D eigenvalue weighted by Crippen LogP contribution is -2.14. The van der Waals surface area contributed by atoms with Crippen molar-refractivity contribution in [1.82, 2.24) is 0 Å². The van der Waals surface area contributed by atoms with Gasteiger partial charge in [0.25, 0.3) is 10.0 Å². The van der Waals surface area contributed by atoms with Crippen LogP contribution in [0.3, 0.4) is 0 Å². The second-order valence-electron chi connectivity index (χ2n) is 5.00. The molecule has 0 atom stereocenters. The maximum Gasteiger partial charge on any atom is 0.262 e. The van der Waals surface area contributed by atoms with Gasteiger partial charge in [0.1, 0.15) is 0 Å². The molecule has 0 saturated heterocycles. The normalized spacial score (nSPS) is 11.0. The van der Waals surface area contributed by atoms with Crippen molar-refractivity contribution in [2.75, 3.05) is 4.72 Å². The van der Waals surface area contributed by atoms with Gasteiger partial charge in [-0.2, -0.15) is 5.26 Å². The zero-order valence-electron chi connectivity index (χ0n) is 12.1. The zero-order chi connectivity index (χ0) is 15.6. The number of hydrogen-bond donors (Lipinski definition) is 1. The Labute approximate surface area is 125 Å². The molecule has 4 nitrogen and oxygen atoms in total. The summed E-state index contributed by atoms with van der Waals surface area (Å²) in [6, 6.07) is 12.0. The minimum absolute atomic E-state index is 0.125. The predicted molar refractivity (Wildman–Crippen MR) is 82.6 cm³/mol. The van der Waals surface area contributed by atoms with Crippen LogP contribution in [0.15, 0.2) is 41.3 Å². The van der Waals surface area contributed by atoms with Gasteiger partial charge in [-0.15, -0.1) is 0 Å². The van der Waals surface area contributed by atoms with Crippen LogP contribution < -0.4 is 4.72 Å². The van der Waals surface area contributed by atoms with E-state index in [1.165, 1.54) is 6.07 Å². The van der Waals surface area contributed by atoms with E-state index in [1.807, 2.05) is 26.0 Å². The van der Waals surface area contributed by atoms with E-state index in [2.05, 4.69) is 4.72 Å². The molecule has 0 aromatic heterocycles. The van der Waals surface area contributed by atoms with Crippen molar-refractivity contribution in [2.24, 2.45) is 0 Å². The van der Waals surface area contributed by atoms with E-state index in [9.17, 15) is 8.42 Å². The van der Waals surface area contributed by atoms with E-state index >= 15 is 0 Å². The number of nitrogens with one attached hydrogen (secondary N) is 1. The SMILES string of the molecule is Cc1ccc(NS(=O)(=O)c2cc(C#N)ccc2C)cc1C. The first-order valence-electron chi connectivity index (χ1n) is 6.44. The number of anilines is 1. The molecular weight excluding hydrogens is 284 g/mol. The number of rotatable bonds is 3. The number of hydrogen-bond acceptors (Lipinski definition) is 3. The molecule has 2 aromatic rings. The highest BCUT2D eigenvalue weighted by Gasteiger charge is 2.17. The fraction of sp³-hybridized carbons (Fsp3) is 0.188. The van der Waals surface area contributed by atoms with Gasteiger partial charge in [-0.1, -0.05) is 12.1 Å². The Bertz CT molecular complexity index is 834. The first kappa shape index (κ1) is 15.1. The molecule has 5 heteroatoms. The molecule has 2 rings (SSSR count). The van der Waals surface area contributed by atoms with Crippen LogP contribution >= 0.6 is 0 Å². The number of nitrogens with zero attached hydrogens (tertiary/aromatic N) is 1. The smallest absolute Gasteiger partial charge is 0.262 e. The van der Waals surface area contributed by atoms with Gasteiger partial charge in [-0.25, -0.2) is 8.42 Å². The maximum absolute atomic E-state index is 12.5. The highest BCUT2D eigenvalue weighted by Crippen LogP contribution is 2.22. The zero-order valence-corrected chi connectivity index (χ0v) is 13.0. The minimum atomic E-state index is -3.71. The lowest BCUT2D eigenvalue weighted by molar-refractivity contribution is 0.600. The number of aryl methyl sites for hydroxylation is 3. The Morgan fingerprint density at radius 3 is 2.24 bits per heavy atom. The van der Waals surface area contributed by atoms with Gasteiger partial charge in [-0.3, -0.25) is 4.72 Å². The number of nitriles is 1. The molecule has 0 unspecified atom stereocenters. The van der Waals surface area contributed by atoms with Gasteiger partial charge in [0, 0.05) is 5.69 Å². The van der Waals surface area contributed by atoms with E-state index in [1.54, 1.807) is 31.2 Å². The molecule has 2 aromatic carbocycles. The number of sulfonamides is 1. The van der Waals surface area contributed by atoms with Crippen molar-refractivity contribution in [1.29, 1.82) is 5.26 Å². The van der Waals surface area contributed by atoms with Crippen molar-refractivity contribution in [3.8, 4) is 6.07 Å². The van der Waals surface area contributed by atoms with Crippen LogP contribution in [-0.2, 0) is 10.0 Å². The molecule has 0 aliphatic rings. The van der Waals surface area contributed by atoms with Crippen molar-refractivity contribution in [2.45, 2.75) is 25.7 Å². The van der Waals surface area contributed by atoms with Crippen molar-refractivity contribution < 1.29 is 8.42 Å². The minimum Gasteiger partial charge on any atom is -0.280 e. The first-order valence-corrected chi connectivity index (χ1v) is 7.92. The molecule has 21 heavy (non-hydrogen) atoms. The molecule has 0 aliphatic heterocycles. The second kappa shape index (κ2) is 5.58. The van der Waals surface area contributed by atoms with Crippen LogP contribution in [-0.4, -0.2) is 8.42 Å². The van der Waals surface area contributed by atoms with Gasteiger partial charge < -0.3 is 0 Å². The van der Waals surface area contributed by atoms with Gasteiger partial charge in [0.15, 0.2) is 0 Å². The average molecular weight is 300 g/mol. The maximum atomic E-state index is 12.5.